The zero-order chi connectivity index (χ0) is 13.5. The zero-order valence-electron chi connectivity index (χ0n) is 10.2. The number of halogens is 1. The molecule has 0 aliphatic carbocycles. The molecule has 0 spiro atoms. The average molecular weight is 253 g/mol. The largest absolute Gasteiger partial charge is 0.379 e. The van der Waals surface area contributed by atoms with E-state index in [0.717, 1.165) is 25.3 Å². The fourth-order valence-corrected chi connectivity index (χ4v) is 1.54. The van der Waals surface area contributed by atoms with Gasteiger partial charge in [0.2, 0.25) is 0 Å². The maximum absolute atomic E-state index is 12.9. The molecule has 0 radical (unpaired) electrons. The summed E-state index contributed by atoms with van der Waals surface area (Å²) in [5, 5.41) is 20.9. The highest BCUT2D eigenvalue weighted by molar-refractivity contribution is 5.78. The molecule has 1 aromatic rings. The van der Waals surface area contributed by atoms with E-state index in [9.17, 15) is 14.5 Å². The lowest BCUT2D eigenvalue weighted by atomic mass is 10.2. The zero-order valence-corrected chi connectivity index (χ0v) is 10.2. The van der Waals surface area contributed by atoms with Crippen LogP contribution in [-0.4, -0.2) is 17.2 Å². The third-order valence-corrected chi connectivity index (χ3v) is 2.45. The van der Waals surface area contributed by atoms with Crippen molar-refractivity contribution in [1.29, 1.82) is 5.41 Å². The smallest absolute Gasteiger partial charge is 0.295 e. The van der Waals surface area contributed by atoms with Crippen LogP contribution in [0.3, 0.4) is 0 Å². The maximum atomic E-state index is 12.9. The molecule has 0 bridgehead atoms. The van der Waals surface area contributed by atoms with E-state index in [-0.39, 0.29) is 5.69 Å². The van der Waals surface area contributed by atoms with Gasteiger partial charge in [-0.15, -0.1) is 0 Å². The second-order valence-electron chi connectivity index (χ2n) is 4.08. The second kappa shape index (κ2) is 6.68. The molecular weight excluding hydrogens is 237 g/mol. The third-order valence-electron chi connectivity index (χ3n) is 2.45. The molecule has 6 heteroatoms. The number of nitrogens with zero attached hydrogens (tertiary/aromatic N) is 1. The maximum Gasteiger partial charge on any atom is 0.295 e. The van der Waals surface area contributed by atoms with Gasteiger partial charge in [-0.1, -0.05) is 0 Å². The first kappa shape index (κ1) is 14.1. The van der Waals surface area contributed by atoms with Crippen molar-refractivity contribution in [2.75, 3.05) is 11.9 Å². The number of hydrogen-bond donors (Lipinski definition) is 2. The lowest BCUT2D eigenvalue weighted by Gasteiger charge is -2.06. The fraction of sp³-hybridized carbons (Fsp3) is 0.417. The van der Waals surface area contributed by atoms with Crippen molar-refractivity contribution in [3.05, 3.63) is 34.1 Å². The Balaban J connectivity index is 2.51. The van der Waals surface area contributed by atoms with E-state index in [1.165, 1.54) is 12.1 Å². The number of hydrogen-bond acceptors (Lipinski definition) is 4. The molecule has 0 unspecified atom stereocenters. The van der Waals surface area contributed by atoms with E-state index >= 15 is 0 Å². The van der Waals surface area contributed by atoms with Crippen molar-refractivity contribution < 1.29 is 9.31 Å². The van der Waals surface area contributed by atoms with Crippen LogP contribution < -0.4 is 5.32 Å². The summed E-state index contributed by atoms with van der Waals surface area (Å²) in [6, 6.07) is 3.47. The van der Waals surface area contributed by atoms with Gasteiger partial charge in [0.15, 0.2) is 0 Å². The van der Waals surface area contributed by atoms with E-state index in [4.69, 9.17) is 5.41 Å². The number of nitro benzene ring substituents is 1. The molecule has 0 amide bonds. The number of anilines is 1. The summed E-state index contributed by atoms with van der Waals surface area (Å²) in [5.74, 6) is -0.619. The predicted molar refractivity (Wildman–Crippen MR) is 68.8 cm³/mol. The number of nitro groups is 1. The van der Waals surface area contributed by atoms with Crippen molar-refractivity contribution in [2.24, 2.45) is 0 Å². The van der Waals surface area contributed by atoms with E-state index in [2.05, 4.69) is 5.32 Å². The lowest BCUT2D eigenvalue weighted by molar-refractivity contribution is -0.384. The van der Waals surface area contributed by atoms with Crippen LogP contribution >= 0.6 is 0 Å². The summed E-state index contributed by atoms with van der Waals surface area (Å²) in [7, 11) is 0. The first-order valence-corrected chi connectivity index (χ1v) is 5.72. The van der Waals surface area contributed by atoms with Crippen molar-refractivity contribution >= 4 is 17.1 Å². The Kier molecular flexibility index (Phi) is 5.23. The Morgan fingerprint density at radius 3 is 2.83 bits per heavy atom. The third kappa shape index (κ3) is 4.48. The number of benzene rings is 1. The SMILES string of the molecule is CC(=N)CCCCNc1ccc(F)cc1[N+](=O)[O-]. The molecule has 0 fully saturated rings. The van der Waals surface area contributed by atoms with Gasteiger partial charge in [-0.3, -0.25) is 10.1 Å². The van der Waals surface area contributed by atoms with E-state index < -0.39 is 10.7 Å². The van der Waals surface area contributed by atoms with Crippen LogP contribution in [0.2, 0.25) is 0 Å². The molecule has 2 N–H and O–H groups in total. The van der Waals surface area contributed by atoms with Gasteiger partial charge in [0, 0.05) is 12.3 Å². The van der Waals surface area contributed by atoms with E-state index in [0.29, 0.717) is 17.9 Å². The Labute approximate surface area is 105 Å². The molecule has 1 rings (SSSR count). The summed E-state index contributed by atoms with van der Waals surface area (Å²) >= 11 is 0. The minimum absolute atomic E-state index is 0.252. The highest BCUT2D eigenvalue weighted by atomic mass is 19.1. The summed E-state index contributed by atoms with van der Waals surface area (Å²) < 4.78 is 12.9. The Bertz CT molecular complexity index is 449. The van der Waals surface area contributed by atoms with Crippen molar-refractivity contribution in [3.8, 4) is 0 Å². The van der Waals surface area contributed by atoms with Crippen LogP contribution in [0.25, 0.3) is 0 Å². The fourth-order valence-electron chi connectivity index (χ4n) is 1.54. The average Bonchev–Trinajstić information content (AvgIpc) is 2.29. The van der Waals surface area contributed by atoms with Crippen LogP contribution in [0.5, 0.6) is 0 Å². The van der Waals surface area contributed by atoms with Gasteiger partial charge >= 0.3 is 0 Å². The summed E-state index contributed by atoms with van der Waals surface area (Å²) in [6.45, 7) is 2.32. The Morgan fingerprint density at radius 1 is 1.50 bits per heavy atom. The van der Waals surface area contributed by atoms with Gasteiger partial charge in [-0.05, 0) is 38.3 Å². The van der Waals surface area contributed by atoms with Gasteiger partial charge in [-0.25, -0.2) is 4.39 Å². The molecule has 0 heterocycles. The molecule has 0 aromatic heterocycles. The molecule has 98 valence electrons. The van der Waals surface area contributed by atoms with Crippen molar-refractivity contribution in [1.82, 2.24) is 0 Å². The van der Waals surface area contributed by atoms with Gasteiger partial charge in [0.25, 0.3) is 5.69 Å². The van der Waals surface area contributed by atoms with Crippen LogP contribution in [0.4, 0.5) is 15.8 Å². The molecule has 0 aliphatic rings. The summed E-state index contributed by atoms with van der Waals surface area (Å²) in [4.78, 5) is 10.1. The highest BCUT2D eigenvalue weighted by Gasteiger charge is 2.13. The van der Waals surface area contributed by atoms with Crippen LogP contribution in [0, 0.1) is 21.3 Å². The van der Waals surface area contributed by atoms with Crippen LogP contribution in [0.15, 0.2) is 18.2 Å². The number of rotatable bonds is 7. The Morgan fingerprint density at radius 2 is 2.22 bits per heavy atom. The summed E-state index contributed by atoms with van der Waals surface area (Å²) in [5.41, 5.74) is 0.703. The minimum Gasteiger partial charge on any atom is -0.379 e. The normalized spacial score (nSPS) is 10.1. The van der Waals surface area contributed by atoms with Gasteiger partial charge in [-0.2, -0.15) is 0 Å². The first-order valence-electron chi connectivity index (χ1n) is 5.72. The number of nitrogens with one attached hydrogen (secondary N) is 2. The molecule has 5 nitrogen and oxygen atoms in total. The highest BCUT2D eigenvalue weighted by Crippen LogP contribution is 2.24. The second-order valence-corrected chi connectivity index (χ2v) is 4.08. The van der Waals surface area contributed by atoms with Gasteiger partial charge < -0.3 is 10.7 Å². The lowest BCUT2D eigenvalue weighted by Crippen LogP contribution is -2.05. The van der Waals surface area contributed by atoms with E-state index in [1.54, 1.807) is 6.92 Å². The van der Waals surface area contributed by atoms with E-state index in [1.807, 2.05) is 0 Å². The molecule has 1 aromatic carbocycles. The monoisotopic (exact) mass is 253 g/mol. The predicted octanol–water partition coefficient (Wildman–Crippen LogP) is 3.36. The molecular formula is C12H16FN3O2. The van der Waals surface area contributed by atoms with Crippen molar-refractivity contribution in [3.63, 3.8) is 0 Å². The molecule has 0 saturated heterocycles. The van der Waals surface area contributed by atoms with Crippen LogP contribution in [-0.2, 0) is 0 Å². The standard InChI is InChI=1S/C12H16FN3O2/c1-9(14)4-2-3-7-15-11-6-5-10(13)8-12(11)16(17)18/h5-6,8,14-15H,2-4,7H2,1H3. The molecule has 0 atom stereocenters. The van der Waals surface area contributed by atoms with Crippen molar-refractivity contribution in [2.45, 2.75) is 26.2 Å². The topological polar surface area (TPSA) is 79.0 Å². The van der Waals surface area contributed by atoms with Gasteiger partial charge in [0.05, 0.1) is 11.0 Å². The summed E-state index contributed by atoms with van der Waals surface area (Å²) in [6.07, 6.45) is 2.40. The van der Waals surface area contributed by atoms with Gasteiger partial charge in [0.1, 0.15) is 11.5 Å². The number of unbranched alkanes of at least 4 members (excludes halogenated alkanes) is 1. The Hall–Kier alpha value is -1.98. The molecule has 18 heavy (non-hydrogen) atoms. The first-order chi connectivity index (χ1) is 8.50. The molecule has 0 saturated carbocycles. The molecule has 0 aliphatic heterocycles. The quantitative estimate of drug-likeness (QED) is 0.338. The van der Waals surface area contributed by atoms with Crippen LogP contribution in [0.1, 0.15) is 26.2 Å². The minimum atomic E-state index is -0.619.